The molecule has 1 saturated heterocycles. The molecule has 4 N–H and O–H groups in total. The van der Waals surface area contributed by atoms with Crippen molar-refractivity contribution in [2.45, 2.75) is 70.1 Å². The summed E-state index contributed by atoms with van der Waals surface area (Å²) in [6.07, 6.45) is 4.30. The Kier molecular flexibility index (Phi) is 14.0. The summed E-state index contributed by atoms with van der Waals surface area (Å²) in [5.41, 5.74) is 1.46. The SMILES string of the molecule is O=C1CCC(N2Cc3c(NC(=O)CCOCCOCCNC(=O)C4(Cc5cccc(Nc6nccs6)n5)CCC(Oc5cccc(Cl)c5F)CC4)cccc3C2=O)C(=O)N1. The van der Waals surface area contributed by atoms with Crippen molar-refractivity contribution in [2.75, 3.05) is 43.6 Å². The van der Waals surface area contributed by atoms with Gasteiger partial charge < -0.3 is 35.1 Å². The van der Waals surface area contributed by atoms with E-state index in [4.69, 9.17) is 30.8 Å². The molecule has 2 aliphatic heterocycles. The highest BCUT2D eigenvalue weighted by Gasteiger charge is 2.43. The number of hydrogen-bond donors (Lipinski definition) is 4. The van der Waals surface area contributed by atoms with E-state index >= 15 is 0 Å². The number of benzene rings is 2. The lowest BCUT2D eigenvalue weighted by Gasteiger charge is -2.39. The van der Waals surface area contributed by atoms with Crippen LogP contribution in [0.15, 0.2) is 66.2 Å². The second-order valence-corrected chi connectivity index (χ2v) is 16.1. The van der Waals surface area contributed by atoms with Crippen LogP contribution < -0.4 is 26.0 Å². The first-order chi connectivity index (χ1) is 29.1. The van der Waals surface area contributed by atoms with Gasteiger partial charge in [-0.2, -0.15) is 0 Å². The van der Waals surface area contributed by atoms with Gasteiger partial charge in [-0.25, -0.2) is 14.4 Å². The van der Waals surface area contributed by atoms with Crippen LogP contribution in [0.5, 0.6) is 5.75 Å². The van der Waals surface area contributed by atoms with Crippen LogP contribution >= 0.6 is 22.9 Å². The van der Waals surface area contributed by atoms with Gasteiger partial charge in [-0.3, -0.25) is 29.3 Å². The van der Waals surface area contributed by atoms with Crippen molar-refractivity contribution in [3.8, 4) is 5.75 Å². The fourth-order valence-electron chi connectivity index (χ4n) is 7.72. The van der Waals surface area contributed by atoms with Gasteiger partial charge in [-0.1, -0.05) is 29.8 Å². The lowest BCUT2D eigenvalue weighted by Crippen LogP contribution is -2.52. The van der Waals surface area contributed by atoms with Gasteiger partial charge in [0.2, 0.25) is 23.6 Å². The summed E-state index contributed by atoms with van der Waals surface area (Å²) in [6.45, 7) is 1.26. The molecular weight excluding hydrogens is 817 g/mol. The van der Waals surface area contributed by atoms with E-state index in [1.807, 2.05) is 23.6 Å². The molecule has 0 spiro atoms. The minimum absolute atomic E-state index is 0.0126. The Balaban J connectivity index is 0.843. The zero-order valence-corrected chi connectivity index (χ0v) is 34.2. The Labute approximate surface area is 354 Å². The average molecular weight is 862 g/mol. The number of fused-ring (bicyclic) bond motifs is 1. The number of carbonyl (C=O) groups excluding carboxylic acids is 5. The van der Waals surface area contributed by atoms with Crippen LogP contribution in [0.4, 0.5) is 21.0 Å². The average Bonchev–Trinajstić information content (AvgIpc) is 3.87. The number of ether oxygens (including phenoxy) is 3. The molecule has 2 fully saturated rings. The number of nitrogens with zero attached hydrogens (tertiary/aromatic N) is 3. The summed E-state index contributed by atoms with van der Waals surface area (Å²) in [5, 5.41) is 14.0. The monoisotopic (exact) mass is 861 g/mol. The topological polar surface area (TPSA) is 190 Å². The standard InChI is InChI=1S/C42H45ClFN7O8S/c43-30-6-3-8-33(37(30)44)59-27-12-15-42(16-13-27,24-26-4-1-9-34(47-26)49-41-46-18-23-60-41)40(56)45-17-20-58-22-21-57-19-14-36(53)48-31-7-2-5-28-29(31)25-51(39(28)55)32-10-11-35(52)50-38(32)54/h1-9,18,23,27,32H,10-17,19-22,24-25H2,(H,45,56)(H,48,53)(H,46,47,49)(H,50,52,54). The maximum absolute atomic E-state index is 14.6. The molecule has 316 valence electrons. The van der Waals surface area contributed by atoms with Crippen molar-refractivity contribution in [3.05, 3.63) is 93.8 Å². The van der Waals surface area contributed by atoms with E-state index in [1.54, 1.807) is 36.5 Å². The van der Waals surface area contributed by atoms with Crippen LogP contribution in [0.2, 0.25) is 5.02 Å². The van der Waals surface area contributed by atoms with E-state index < -0.39 is 23.2 Å². The molecule has 1 unspecified atom stereocenters. The Bertz CT molecular complexity index is 2200. The third kappa shape index (κ3) is 10.4. The fourth-order valence-corrected chi connectivity index (χ4v) is 8.42. The number of imide groups is 1. The first-order valence-electron chi connectivity index (χ1n) is 19.8. The quantitative estimate of drug-likeness (QED) is 0.0724. The smallest absolute Gasteiger partial charge is 0.255 e. The number of hydrogen-bond acceptors (Lipinski definition) is 12. The van der Waals surface area contributed by atoms with Gasteiger partial charge in [0, 0.05) is 60.0 Å². The summed E-state index contributed by atoms with van der Waals surface area (Å²) < 4.78 is 31.9. The molecule has 7 rings (SSSR count). The van der Waals surface area contributed by atoms with Gasteiger partial charge >= 0.3 is 0 Å². The lowest BCUT2D eigenvalue weighted by atomic mass is 9.69. The first-order valence-corrected chi connectivity index (χ1v) is 21.1. The van der Waals surface area contributed by atoms with Crippen molar-refractivity contribution in [2.24, 2.45) is 5.41 Å². The molecule has 3 aliphatic rings. The van der Waals surface area contributed by atoms with E-state index in [1.165, 1.54) is 22.3 Å². The molecular formula is C42H45ClFN7O8S. The van der Waals surface area contributed by atoms with Crippen LogP contribution in [0.3, 0.4) is 0 Å². The molecule has 2 aromatic carbocycles. The van der Waals surface area contributed by atoms with Gasteiger partial charge in [0.05, 0.1) is 49.4 Å². The van der Waals surface area contributed by atoms with E-state index in [-0.39, 0.29) is 99.3 Å². The molecule has 18 heteroatoms. The Morgan fingerprint density at radius 3 is 2.55 bits per heavy atom. The number of anilines is 3. The zero-order valence-electron chi connectivity index (χ0n) is 32.7. The van der Waals surface area contributed by atoms with Gasteiger partial charge in [0.25, 0.3) is 5.91 Å². The summed E-state index contributed by atoms with van der Waals surface area (Å²) in [7, 11) is 0. The molecule has 4 aromatic rings. The molecule has 2 aromatic heterocycles. The minimum Gasteiger partial charge on any atom is -0.487 e. The van der Waals surface area contributed by atoms with Crippen LogP contribution in [-0.2, 0) is 41.6 Å². The van der Waals surface area contributed by atoms with Crippen LogP contribution in [0, 0.1) is 11.2 Å². The van der Waals surface area contributed by atoms with Crippen LogP contribution in [0.25, 0.3) is 0 Å². The van der Waals surface area contributed by atoms with E-state index in [9.17, 15) is 28.4 Å². The van der Waals surface area contributed by atoms with Crippen LogP contribution in [-0.4, -0.2) is 89.5 Å². The third-order valence-electron chi connectivity index (χ3n) is 10.8. The molecule has 15 nitrogen and oxygen atoms in total. The molecule has 5 amide bonds. The van der Waals surface area contributed by atoms with Crippen LogP contribution in [0.1, 0.15) is 66.6 Å². The second-order valence-electron chi connectivity index (χ2n) is 14.8. The Hall–Kier alpha value is -5.49. The number of pyridine rings is 1. The second kappa shape index (κ2) is 19.7. The lowest BCUT2D eigenvalue weighted by molar-refractivity contribution is -0.137. The number of amides is 5. The third-order valence-corrected chi connectivity index (χ3v) is 11.8. The molecule has 60 heavy (non-hydrogen) atoms. The summed E-state index contributed by atoms with van der Waals surface area (Å²) >= 11 is 7.43. The number of nitrogens with one attached hydrogen (secondary N) is 4. The van der Waals surface area contributed by atoms with Gasteiger partial charge in [-0.05, 0) is 68.5 Å². The minimum atomic E-state index is -0.786. The summed E-state index contributed by atoms with van der Waals surface area (Å²) in [4.78, 5) is 74.3. The number of thiazole rings is 1. The first kappa shape index (κ1) is 42.6. The maximum atomic E-state index is 14.6. The molecule has 0 bridgehead atoms. The van der Waals surface area contributed by atoms with Gasteiger partial charge in [-0.15, -0.1) is 11.3 Å². The predicted octanol–water partition coefficient (Wildman–Crippen LogP) is 5.56. The highest BCUT2D eigenvalue weighted by molar-refractivity contribution is 7.13. The van der Waals surface area contributed by atoms with Crippen molar-refractivity contribution >= 4 is 69.1 Å². The van der Waals surface area contributed by atoms with Crippen molar-refractivity contribution in [1.29, 1.82) is 0 Å². The zero-order chi connectivity index (χ0) is 42.1. The predicted molar refractivity (Wildman–Crippen MR) is 220 cm³/mol. The summed E-state index contributed by atoms with van der Waals surface area (Å²) in [6, 6.07) is 14.6. The van der Waals surface area contributed by atoms with E-state index in [2.05, 4.69) is 26.3 Å². The maximum Gasteiger partial charge on any atom is 0.255 e. The van der Waals surface area contributed by atoms with Crippen molar-refractivity contribution in [1.82, 2.24) is 25.5 Å². The van der Waals surface area contributed by atoms with E-state index in [0.29, 0.717) is 59.9 Å². The number of rotatable bonds is 18. The molecule has 1 aliphatic carbocycles. The van der Waals surface area contributed by atoms with Gasteiger partial charge in [0.15, 0.2) is 16.7 Å². The molecule has 1 atom stereocenters. The van der Waals surface area contributed by atoms with Crippen molar-refractivity contribution < 1.29 is 42.6 Å². The highest BCUT2D eigenvalue weighted by atomic mass is 35.5. The number of piperidine rings is 1. The van der Waals surface area contributed by atoms with Gasteiger partial charge in [0.1, 0.15) is 11.9 Å². The van der Waals surface area contributed by atoms with Crippen molar-refractivity contribution in [3.63, 3.8) is 0 Å². The molecule has 0 radical (unpaired) electrons. The normalized spacial score (nSPS) is 20.0. The fraction of sp³-hybridized carbons (Fsp3) is 0.405. The highest BCUT2D eigenvalue weighted by Crippen LogP contribution is 2.41. The Morgan fingerprint density at radius 2 is 1.77 bits per heavy atom. The summed E-state index contributed by atoms with van der Waals surface area (Å²) in [5.74, 6) is -1.50. The van der Waals surface area contributed by atoms with E-state index in [0.717, 1.165) is 5.69 Å². The number of carbonyl (C=O) groups is 5. The number of aromatic nitrogens is 2. The Morgan fingerprint density at radius 1 is 0.983 bits per heavy atom. The number of halogens is 2. The largest absolute Gasteiger partial charge is 0.487 e. The molecule has 1 saturated carbocycles. The molecule has 4 heterocycles.